The molecule has 2 aliphatic heterocycles. The van der Waals surface area contributed by atoms with Crippen molar-refractivity contribution in [1.29, 1.82) is 10.7 Å². The quantitative estimate of drug-likeness (QED) is 0.176. The lowest BCUT2D eigenvalue weighted by Gasteiger charge is -2.38. The van der Waals surface area contributed by atoms with E-state index < -0.39 is 23.0 Å². The van der Waals surface area contributed by atoms with E-state index in [1.54, 1.807) is 49.6 Å². The molecule has 0 unspecified atom stereocenters. The second-order valence-corrected chi connectivity index (χ2v) is 12.3. The Morgan fingerprint density at radius 3 is 2.45 bits per heavy atom. The van der Waals surface area contributed by atoms with Gasteiger partial charge in [0, 0.05) is 41.4 Å². The highest BCUT2D eigenvalue weighted by molar-refractivity contribution is 7.99. The lowest BCUT2D eigenvalue weighted by Crippen LogP contribution is -2.48. The van der Waals surface area contributed by atoms with E-state index in [0.717, 1.165) is 10.5 Å². The molecule has 0 bridgehead atoms. The fraction of sp³-hybridized carbons (Fsp3) is 0.387. The number of likely N-dealkylation sites (tertiary alicyclic amines) is 1. The van der Waals surface area contributed by atoms with Crippen LogP contribution in [0.4, 0.5) is 10.5 Å². The third-order valence-electron chi connectivity index (χ3n) is 6.75. The van der Waals surface area contributed by atoms with E-state index in [1.807, 2.05) is 36.4 Å². The zero-order valence-corrected chi connectivity index (χ0v) is 26.0. The molecule has 12 nitrogen and oxygen atoms in total. The van der Waals surface area contributed by atoms with Crippen molar-refractivity contribution in [2.24, 2.45) is 11.1 Å². The molecule has 2 aromatic rings. The van der Waals surface area contributed by atoms with E-state index >= 15 is 0 Å². The molecule has 234 valence electrons. The SMILES string of the molecule is C=C(NNC(=O)c1ccc2c(c1)NC(=O)CCS2)C1(C#N)CCN(C(=N)OCc2ccccc2)CC1.CC(C)(C)OC(N)=O. The molecule has 0 atom stereocenters. The highest BCUT2D eigenvalue weighted by Gasteiger charge is 2.39. The molecule has 2 heterocycles. The summed E-state index contributed by atoms with van der Waals surface area (Å²) in [6.07, 6.45) is 0.570. The summed E-state index contributed by atoms with van der Waals surface area (Å²) in [5, 5.41) is 21.0. The maximum absolute atomic E-state index is 12.7. The average molecular weight is 622 g/mol. The number of rotatable bonds is 6. The maximum atomic E-state index is 12.7. The van der Waals surface area contributed by atoms with Gasteiger partial charge in [0.05, 0.1) is 11.8 Å². The highest BCUT2D eigenvalue weighted by Crippen LogP contribution is 2.36. The Bertz CT molecular complexity index is 1410. The fourth-order valence-electron chi connectivity index (χ4n) is 4.38. The number of fused-ring (bicyclic) bond motifs is 1. The van der Waals surface area contributed by atoms with Gasteiger partial charge in [-0.2, -0.15) is 5.26 Å². The van der Waals surface area contributed by atoms with Crippen molar-refractivity contribution in [3.05, 3.63) is 71.9 Å². The molecule has 13 heteroatoms. The molecular formula is C31H39N7O5S. The van der Waals surface area contributed by atoms with Gasteiger partial charge in [0.1, 0.15) is 17.6 Å². The fourth-order valence-corrected chi connectivity index (χ4v) is 5.31. The smallest absolute Gasteiger partial charge is 0.405 e. The minimum atomic E-state index is -0.887. The number of piperidine rings is 1. The molecule has 2 aromatic carbocycles. The van der Waals surface area contributed by atoms with Gasteiger partial charge in [0.15, 0.2) is 0 Å². The van der Waals surface area contributed by atoms with E-state index in [4.69, 9.17) is 15.9 Å². The number of hydrazine groups is 1. The largest absolute Gasteiger partial charge is 0.460 e. The number of benzene rings is 2. The van der Waals surface area contributed by atoms with E-state index in [0.29, 0.717) is 61.7 Å². The van der Waals surface area contributed by atoms with Gasteiger partial charge >= 0.3 is 6.09 Å². The standard InChI is InChI=1S/C26H28N6O3S.C5H11NO2/c1-18(30-31-24(34)20-7-8-22-21(15-20)29-23(33)9-14-36-22)26(17-27)10-12-32(13-11-26)25(28)35-16-19-5-3-2-4-6-19;1-5(2,3)8-4(6)7/h2-8,15,28,30H,1,9-14,16H2,(H,29,33)(H,31,34);1-3H3,(H2,6,7). The van der Waals surface area contributed by atoms with Gasteiger partial charge in [-0.3, -0.25) is 20.4 Å². The number of amides is 3. The third-order valence-corrected chi connectivity index (χ3v) is 7.83. The van der Waals surface area contributed by atoms with E-state index in [1.165, 1.54) is 0 Å². The molecule has 0 saturated carbocycles. The number of hydrogen-bond acceptors (Lipinski definition) is 9. The van der Waals surface area contributed by atoms with Crippen LogP contribution in [0.3, 0.4) is 0 Å². The number of amidine groups is 1. The van der Waals surface area contributed by atoms with Gasteiger partial charge < -0.3 is 30.8 Å². The predicted molar refractivity (Wildman–Crippen MR) is 168 cm³/mol. The van der Waals surface area contributed by atoms with Crippen molar-refractivity contribution in [3.63, 3.8) is 0 Å². The highest BCUT2D eigenvalue weighted by atomic mass is 32.2. The molecule has 0 spiro atoms. The van der Waals surface area contributed by atoms with Crippen LogP contribution in [0.2, 0.25) is 0 Å². The van der Waals surface area contributed by atoms with Gasteiger partial charge in [-0.25, -0.2) is 4.79 Å². The number of nitrogens with zero attached hydrogens (tertiary/aromatic N) is 2. The van der Waals surface area contributed by atoms with Gasteiger partial charge in [0.25, 0.3) is 11.9 Å². The molecule has 0 radical (unpaired) electrons. The summed E-state index contributed by atoms with van der Waals surface area (Å²) in [6, 6.07) is 17.2. The van der Waals surface area contributed by atoms with Crippen molar-refractivity contribution >= 4 is 41.4 Å². The summed E-state index contributed by atoms with van der Waals surface area (Å²) >= 11 is 1.57. The van der Waals surface area contributed by atoms with Crippen molar-refractivity contribution in [2.45, 2.75) is 57.1 Å². The molecule has 1 saturated heterocycles. The van der Waals surface area contributed by atoms with Crippen LogP contribution in [0, 0.1) is 22.2 Å². The second-order valence-electron chi connectivity index (χ2n) is 11.2. The van der Waals surface area contributed by atoms with Gasteiger partial charge in [-0.1, -0.05) is 36.9 Å². The van der Waals surface area contributed by atoms with Crippen LogP contribution in [-0.4, -0.2) is 53.3 Å². The van der Waals surface area contributed by atoms with Crippen LogP contribution < -0.4 is 21.9 Å². The number of allylic oxidation sites excluding steroid dienone is 1. The first-order chi connectivity index (χ1) is 20.8. The molecule has 44 heavy (non-hydrogen) atoms. The lowest BCUT2D eigenvalue weighted by molar-refractivity contribution is -0.115. The summed E-state index contributed by atoms with van der Waals surface area (Å²) in [5.74, 6) is 0.216. The van der Waals surface area contributed by atoms with Gasteiger partial charge in [-0.15, -0.1) is 11.8 Å². The number of nitriles is 1. The average Bonchev–Trinajstić information content (AvgIpc) is 3.18. The van der Waals surface area contributed by atoms with Crippen molar-refractivity contribution in [1.82, 2.24) is 15.8 Å². The minimum absolute atomic E-state index is 0.0748. The number of hydrogen-bond donors (Lipinski definition) is 5. The summed E-state index contributed by atoms with van der Waals surface area (Å²) in [6.45, 7) is 10.5. The molecular weight excluding hydrogens is 582 g/mol. The van der Waals surface area contributed by atoms with Crippen LogP contribution in [0.1, 0.15) is 56.0 Å². The number of thioether (sulfide) groups is 1. The number of primary amides is 1. The van der Waals surface area contributed by atoms with Gasteiger partial charge in [-0.05, 0) is 57.4 Å². The molecule has 4 rings (SSSR count). The molecule has 0 aliphatic carbocycles. The molecule has 6 N–H and O–H groups in total. The Kier molecular flexibility index (Phi) is 11.6. The number of carbonyl (C=O) groups is 3. The topological polar surface area (TPSA) is 183 Å². The van der Waals surface area contributed by atoms with Crippen molar-refractivity contribution in [3.8, 4) is 6.07 Å². The zero-order valence-electron chi connectivity index (χ0n) is 25.2. The Morgan fingerprint density at radius 1 is 1.18 bits per heavy atom. The molecule has 0 aromatic heterocycles. The summed E-state index contributed by atoms with van der Waals surface area (Å²) in [7, 11) is 0. The van der Waals surface area contributed by atoms with Crippen LogP contribution in [0.25, 0.3) is 0 Å². The number of nitrogens with two attached hydrogens (primary N) is 1. The summed E-state index contributed by atoms with van der Waals surface area (Å²) < 4.78 is 10.2. The number of nitrogens with one attached hydrogen (secondary N) is 4. The monoisotopic (exact) mass is 621 g/mol. The van der Waals surface area contributed by atoms with E-state index in [9.17, 15) is 19.6 Å². The Hall–Kier alpha value is -4.70. The van der Waals surface area contributed by atoms with E-state index in [-0.39, 0.29) is 11.9 Å². The van der Waals surface area contributed by atoms with Crippen LogP contribution in [0.5, 0.6) is 0 Å². The molecule has 3 amide bonds. The minimum Gasteiger partial charge on any atom is -0.460 e. The third kappa shape index (κ3) is 9.95. The molecule has 2 aliphatic rings. The second kappa shape index (κ2) is 15.2. The first-order valence-corrected chi connectivity index (χ1v) is 15.0. The zero-order chi connectivity index (χ0) is 32.3. The maximum Gasteiger partial charge on any atom is 0.405 e. The summed E-state index contributed by atoms with van der Waals surface area (Å²) in [4.78, 5) is 37.3. The lowest BCUT2D eigenvalue weighted by atomic mass is 9.77. The summed E-state index contributed by atoms with van der Waals surface area (Å²) in [5.41, 5.74) is 11.2. The van der Waals surface area contributed by atoms with Crippen LogP contribution in [-0.2, 0) is 20.9 Å². The normalized spacial score (nSPS) is 15.4. The van der Waals surface area contributed by atoms with Gasteiger partial charge in [0.2, 0.25) is 5.91 Å². The Labute approximate surface area is 261 Å². The first-order valence-electron chi connectivity index (χ1n) is 14.0. The number of ether oxygens (including phenoxy) is 2. The van der Waals surface area contributed by atoms with Crippen molar-refractivity contribution < 1.29 is 23.9 Å². The number of carbonyl (C=O) groups excluding carboxylic acids is 3. The Morgan fingerprint density at radius 2 is 1.86 bits per heavy atom. The van der Waals surface area contributed by atoms with Crippen LogP contribution in [0.15, 0.2) is 65.7 Å². The molecule has 1 fully saturated rings. The Balaban J connectivity index is 0.000000583. The first kappa shape index (κ1) is 33.8. The predicted octanol–water partition coefficient (Wildman–Crippen LogP) is 4.51. The van der Waals surface area contributed by atoms with E-state index in [2.05, 4.69) is 33.6 Å². The van der Waals surface area contributed by atoms with Crippen LogP contribution >= 0.6 is 11.8 Å². The number of anilines is 1. The van der Waals surface area contributed by atoms with Crippen molar-refractivity contribution in [2.75, 3.05) is 24.2 Å².